The normalized spacial score (nSPS) is 17.9. The smallest absolute Gasteiger partial charge is 0.231 e. The molecule has 0 radical (unpaired) electrons. The molecule has 2 aromatic carbocycles. The zero-order chi connectivity index (χ0) is 22.1. The maximum Gasteiger partial charge on any atom is 0.231 e. The summed E-state index contributed by atoms with van der Waals surface area (Å²) in [6.07, 6.45) is 7.61. The van der Waals surface area contributed by atoms with Crippen molar-refractivity contribution in [2.45, 2.75) is 45.1 Å². The predicted octanol–water partition coefficient (Wildman–Crippen LogP) is 6.03. The van der Waals surface area contributed by atoms with Gasteiger partial charge < -0.3 is 23.8 Å². The molecule has 5 rings (SSSR count). The van der Waals surface area contributed by atoms with Crippen LogP contribution in [0.3, 0.4) is 0 Å². The number of alkyl halides is 1. The van der Waals surface area contributed by atoms with Crippen molar-refractivity contribution in [3.05, 3.63) is 46.5 Å². The lowest BCUT2D eigenvalue weighted by Crippen LogP contribution is -2.34. The summed E-state index contributed by atoms with van der Waals surface area (Å²) in [5, 5.41) is 0. The Kier molecular flexibility index (Phi) is 6.09. The Hall–Kier alpha value is -2.53. The summed E-state index contributed by atoms with van der Waals surface area (Å²) in [5.74, 6) is 4.09. The van der Waals surface area contributed by atoms with Crippen molar-refractivity contribution in [2.75, 3.05) is 32.9 Å². The molecule has 3 heterocycles. The molecule has 0 unspecified atom stereocenters. The third-order valence-corrected chi connectivity index (χ3v) is 6.94. The summed E-state index contributed by atoms with van der Waals surface area (Å²) in [7, 11) is 1.71. The fourth-order valence-corrected chi connectivity index (χ4v) is 5.19. The zero-order valence-corrected chi connectivity index (χ0v) is 19.5. The fraction of sp³-hybridized carbons (Fsp3) is 0.462. The van der Waals surface area contributed by atoms with Gasteiger partial charge in [-0.25, -0.2) is 0 Å². The van der Waals surface area contributed by atoms with Gasteiger partial charge in [-0.3, -0.25) is 0 Å². The summed E-state index contributed by atoms with van der Waals surface area (Å²) in [6.45, 7) is 4.20. The molecule has 3 aliphatic heterocycles. The van der Waals surface area contributed by atoms with Gasteiger partial charge in [0.25, 0.3) is 0 Å². The highest BCUT2D eigenvalue weighted by molar-refractivity contribution is 6.17. The van der Waals surface area contributed by atoms with Crippen LogP contribution in [0, 0.1) is 0 Å². The Morgan fingerprint density at radius 3 is 2.72 bits per heavy atom. The molecule has 0 saturated heterocycles. The van der Waals surface area contributed by atoms with Crippen molar-refractivity contribution >= 4 is 23.4 Å². The molecule has 3 aliphatic rings. The average Bonchev–Trinajstić information content (AvgIpc) is 3.27. The summed E-state index contributed by atoms with van der Waals surface area (Å²) in [4.78, 5) is 2.47. The number of rotatable bonds is 8. The highest BCUT2D eigenvalue weighted by atomic mass is 35.5. The second kappa shape index (κ2) is 9.14. The van der Waals surface area contributed by atoms with E-state index in [1.807, 2.05) is 6.07 Å². The second-order valence-electron chi connectivity index (χ2n) is 8.56. The molecule has 0 aromatic heterocycles. The van der Waals surface area contributed by atoms with Gasteiger partial charge in [0.15, 0.2) is 23.0 Å². The monoisotopic (exact) mass is 455 g/mol. The number of fused-ring (bicyclic) bond motifs is 5. The number of unbranched alkanes of at least 4 members (excludes halogenated alkanes) is 3. The molecule has 6 heteroatoms. The molecular formula is C26H30ClNO4. The van der Waals surface area contributed by atoms with Crippen LogP contribution in [0.15, 0.2) is 24.3 Å². The van der Waals surface area contributed by atoms with Gasteiger partial charge in [0.05, 0.1) is 19.8 Å². The lowest BCUT2D eigenvalue weighted by molar-refractivity contribution is 0.174. The highest BCUT2D eigenvalue weighted by Gasteiger charge is 2.34. The molecule has 1 atom stereocenters. The van der Waals surface area contributed by atoms with Crippen molar-refractivity contribution in [3.63, 3.8) is 0 Å². The van der Waals surface area contributed by atoms with Gasteiger partial charge in [0, 0.05) is 29.2 Å². The van der Waals surface area contributed by atoms with Crippen molar-refractivity contribution < 1.29 is 18.9 Å². The third kappa shape index (κ3) is 3.77. The minimum absolute atomic E-state index is 0.185. The maximum atomic E-state index is 6.34. The van der Waals surface area contributed by atoms with E-state index in [-0.39, 0.29) is 6.04 Å². The van der Waals surface area contributed by atoms with E-state index in [0.29, 0.717) is 13.4 Å². The van der Waals surface area contributed by atoms with Gasteiger partial charge >= 0.3 is 0 Å². The quantitative estimate of drug-likeness (QED) is 0.359. The van der Waals surface area contributed by atoms with E-state index < -0.39 is 0 Å². The van der Waals surface area contributed by atoms with Gasteiger partial charge in [-0.05, 0) is 61.6 Å². The van der Waals surface area contributed by atoms with Crippen molar-refractivity contribution in [1.82, 2.24) is 4.90 Å². The van der Waals surface area contributed by atoms with Crippen LogP contribution in [0.25, 0.3) is 11.8 Å². The number of halogens is 1. The molecule has 0 amide bonds. The van der Waals surface area contributed by atoms with Crippen molar-refractivity contribution in [1.29, 1.82) is 0 Å². The zero-order valence-electron chi connectivity index (χ0n) is 18.8. The van der Waals surface area contributed by atoms with Crippen LogP contribution in [0.1, 0.15) is 60.9 Å². The first kappa shape index (κ1) is 21.3. The SMILES string of the molecule is COc1ccc2c(c1OCCCCCCCl)[C@@H](C)N1CCc3cc4c(cc3C1=C2)OCO4. The second-order valence-corrected chi connectivity index (χ2v) is 8.94. The molecule has 32 heavy (non-hydrogen) atoms. The molecule has 0 aliphatic carbocycles. The van der Waals surface area contributed by atoms with Crippen LogP contribution < -0.4 is 18.9 Å². The Balaban J connectivity index is 1.47. The van der Waals surface area contributed by atoms with Crippen molar-refractivity contribution in [3.8, 4) is 23.0 Å². The Bertz CT molecular complexity index is 1030. The predicted molar refractivity (Wildman–Crippen MR) is 127 cm³/mol. The summed E-state index contributed by atoms with van der Waals surface area (Å²) in [6, 6.07) is 8.62. The van der Waals surface area contributed by atoms with Gasteiger partial charge in [0.1, 0.15) is 0 Å². The topological polar surface area (TPSA) is 40.2 Å². The van der Waals surface area contributed by atoms with Crippen molar-refractivity contribution in [2.24, 2.45) is 0 Å². The van der Waals surface area contributed by atoms with Gasteiger partial charge in [-0.15, -0.1) is 11.6 Å². The van der Waals surface area contributed by atoms with Crippen LogP contribution in [0.2, 0.25) is 0 Å². The van der Waals surface area contributed by atoms with E-state index in [1.165, 1.54) is 28.0 Å². The Labute approximate surface area is 194 Å². The molecule has 0 spiro atoms. The lowest BCUT2D eigenvalue weighted by Gasteiger charge is -2.42. The largest absolute Gasteiger partial charge is 0.493 e. The van der Waals surface area contributed by atoms with E-state index in [4.69, 9.17) is 30.5 Å². The Morgan fingerprint density at radius 1 is 1.09 bits per heavy atom. The van der Waals surface area contributed by atoms with Crippen LogP contribution in [-0.4, -0.2) is 37.8 Å². The van der Waals surface area contributed by atoms with E-state index in [2.05, 4.69) is 36.1 Å². The summed E-state index contributed by atoms with van der Waals surface area (Å²) in [5.41, 5.74) is 6.18. The van der Waals surface area contributed by atoms with Gasteiger partial charge in [-0.1, -0.05) is 18.9 Å². The fourth-order valence-electron chi connectivity index (χ4n) is 5.00. The molecule has 170 valence electrons. The molecule has 0 bridgehead atoms. The first-order valence-corrected chi connectivity index (χ1v) is 12.1. The van der Waals surface area contributed by atoms with Crippen LogP contribution in [-0.2, 0) is 6.42 Å². The lowest BCUT2D eigenvalue weighted by atomic mass is 9.86. The van der Waals surface area contributed by atoms with Crippen LogP contribution in [0.4, 0.5) is 0 Å². The number of nitrogens with zero attached hydrogens (tertiary/aromatic N) is 1. The first-order chi connectivity index (χ1) is 15.7. The number of hydrogen-bond acceptors (Lipinski definition) is 5. The van der Waals surface area contributed by atoms with Crippen LogP contribution >= 0.6 is 11.6 Å². The average molecular weight is 456 g/mol. The maximum absolute atomic E-state index is 6.34. The van der Waals surface area contributed by atoms with E-state index in [9.17, 15) is 0 Å². The number of methoxy groups -OCH3 is 1. The van der Waals surface area contributed by atoms with Gasteiger partial charge in [-0.2, -0.15) is 0 Å². The molecule has 2 aromatic rings. The van der Waals surface area contributed by atoms with E-state index in [1.54, 1.807) is 7.11 Å². The molecule has 5 nitrogen and oxygen atoms in total. The minimum atomic E-state index is 0.185. The Morgan fingerprint density at radius 2 is 1.91 bits per heavy atom. The minimum Gasteiger partial charge on any atom is -0.493 e. The standard InChI is InChI=1S/C26H30ClNO4/c1-17-25-19(7-8-22(29-2)26(25)30-12-6-4-3-5-10-27)13-21-20-15-24-23(31-16-32-24)14-18(20)9-11-28(17)21/h7-8,13-15,17H,3-6,9-12,16H2,1-2H3/t17-/m1/s1. The summed E-state index contributed by atoms with van der Waals surface area (Å²) < 4.78 is 23.3. The number of benzene rings is 2. The van der Waals surface area contributed by atoms with E-state index >= 15 is 0 Å². The molecular weight excluding hydrogens is 426 g/mol. The van der Waals surface area contributed by atoms with E-state index in [0.717, 1.165) is 67.5 Å². The van der Waals surface area contributed by atoms with Gasteiger partial charge in [0.2, 0.25) is 6.79 Å². The summed E-state index contributed by atoms with van der Waals surface area (Å²) >= 11 is 5.79. The molecule has 0 saturated carbocycles. The molecule has 0 N–H and O–H groups in total. The first-order valence-electron chi connectivity index (χ1n) is 11.5. The van der Waals surface area contributed by atoms with Crippen LogP contribution in [0.5, 0.6) is 23.0 Å². The highest BCUT2D eigenvalue weighted by Crippen LogP contribution is 2.49. The number of hydrogen-bond donors (Lipinski definition) is 0. The number of ether oxygens (including phenoxy) is 4. The molecule has 0 fully saturated rings. The third-order valence-electron chi connectivity index (χ3n) is 6.67.